The molecule has 2 aromatic rings. The molecule has 0 spiro atoms. The van der Waals surface area contributed by atoms with Crippen molar-refractivity contribution in [1.29, 1.82) is 0 Å². The number of benzene rings is 1. The summed E-state index contributed by atoms with van der Waals surface area (Å²) in [6, 6.07) is 3.98. The van der Waals surface area contributed by atoms with E-state index in [-0.39, 0.29) is 29.3 Å². The number of aromatic nitrogens is 2. The topological polar surface area (TPSA) is 53.2 Å². The minimum Gasteiger partial charge on any atom is -0.494 e. The van der Waals surface area contributed by atoms with E-state index in [0.29, 0.717) is 6.54 Å². The second-order valence-corrected chi connectivity index (χ2v) is 4.27. The van der Waals surface area contributed by atoms with Crippen LogP contribution in [0, 0.1) is 5.82 Å². The van der Waals surface area contributed by atoms with Gasteiger partial charge in [0.1, 0.15) is 0 Å². The molecule has 6 heteroatoms. The highest BCUT2D eigenvalue weighted by Crippen LogP contribution is 2.18. The number of methoxy groups -OCH3 is 1. The maximum atomic E-state index is 13.5. The molecule has 0 bridgehead atoms. The van der Waals surface area contributed by atoms with Crippen molar-refractivity contribution in [1.82, 2.24) is 9.13 Å². The van der Waals surface area contributed by atoms with E-state index in [9.17, 15) is 14.0 Å². The molecular formula is C14H15FN2O3. The van der Waals surface area contributed by atoms with Gasteiger partial charge < -0.3 is 4.74 Å². The lowest BCUT2D eigenvalue weighted by atomic mass is 10.1. The van der Waals surface area contributed by atoms with E-state index in [1.165, 1.54) is 28.4 Å². The van der Waals surface area contributed by atoms with Crippen LogP contribution in [0.4, 0.5) is 4.39 Å². The summed E-state index contributed by atoms with van der Waals surface area (Å²) in [5.74, 6) is -0.852. The van der Waals surface area contributed by atoms with Gasteiger partial charge in [-0.3, -0.25) is 13.9 Å². The first kappa shape index (κ1) is 14.0. The molecule has 5 nitrogen and oxygen atoms in total. The number of aryl methyl sites for hydroxylation is 1. The van der Waals surface area contributed by atoms with Crippen LogP contribution < -0.4 is 10.4 Å². The number of hydrogen-bond donors (Lipinski definition) is 0. The van der Waals surface area contributed by atoms with Crippen molar-refractivity contribution < 1.29 is 13.9 Å². The molecule has 0 amide bonds. The van der Waals surface area contributed by atoms with Gasteiger partial charge in [-0.05, 0) is 25.1 Å². The summed E-state index contributed by atoms with van der Waals surface area (Å²) >= 11 is 0. The van der Waals surface area contributed by atoms with Gasteiger partial charge in [-0.25, -0.2) is 9.18 Å². The minimum atomic E-state index is -0.600. The molecule has 20 heavy (non-hydrogen) atoms. The number of carbonyl (C=O) groups is 1. The Hall–Kier alpha value is -2.37. The molecule has 0 aliphatic carbocycles. The van der Waals surface area contributed by atoms with Crippen LogP contribution in [0.2, 0.25) is 0 Å². The third-order valence-corrected chi connectivity index (χ3v) is 3.05. The Kier molecular flexibility index (Phi) is 4.02. The van der Waals surface area contributed by atoms with Crippen molar-refractivity contribution >= 4 is 5.78 Å². The molecule has 0 aliphatic heterocycles. The van der Waals surface area contributed by atoms with Gasteiger partial charge in [0, 0.05) is 24.5 Å². The minimum absolute atomic E-state index is 0.0795. The number of rotatable bonds is 5. The Balaban J connectivity index is 2.21. The number of Topliss-reactive ketones (excluding diaryl/α,β-unsaturated/α-hetero) is 1. The Morgan fingerprint density at radius 2 is 2.00 bits per heavy atom. The number of carbonyl (C=O) groups excluding carboxylic acids is 1. The lowest BCUT2D eigenvalue weighted by Gasteiger charge is -2.05. The zero-order valence-corrected chi connectivity index (χ0v) is 11.3. The third-order valence-electron chi connectivity index (χ3n) is 3.05. The number of ketones is 1. The zero-order valence-electron chi connectivity index (χ0n) is 11.3. The molecule has 2 rings (SSSR count). The predicted molar refractivity (Wildman–Crippen MR) is 71.6 cm³/mol. The lowest BCUT2D eigenvalue weighted by Crippen LogP contribution is -2.26. The first-order chi connectivity index (χ1) is 9.56. The molecule has 0 unspecified atom stereocenters. The fourth-order valence-corrected chi connectivity index (χ4v) is 1.90. The molecule has 0 fully saturated rings. The highest BCUT2D eigenvalue weighted by Gasteiger charge is 2.12. The summed E-state index contributed by atoms with van der Waals surface area (Å²) in [6.45, 7) is 2.27. The van der Waals surface area contributed by atoms with Crippen LogP contribution in [0.25, 0.3) is 0 Å². The Morgan fingerprint density at radius 1 is 1.30 bits per heavy atom. The van der Waals surface area contributed by atoms with Gasteiger partial charge in [-0.2, -0.15) is 0 Å². The first-order valence-electron chi connectivity index (χ1n) is 6.19. The smallest absolute Gasteiger partial charge is 0.328 e. The second-order valence-electron chi connectivity index (χ2n) is 4.27. The third kappa shape index (κ3) is 2.64. The van der Waals surface area contributed by atoms with Gasteiger partial charge in [-0.1, -0.05) is 0 Å². The summed E-state index contributed by atoms with van der Waals surface area (Å²) in [5.41, 5.74) is -0.0470. The van der Waals surface area contributed by atoms with Gasteiger partial charge in [0.15, 0.2) is 17.3 Å². The van der Waals surface area contributed by atoms with E-state index >= 15 is 0 Å². The molecule has 106 valence electrons. The lowest BCUT2D eigenvalue weighted by molar-refractivity contribution is 0.0970. The average Bonchev–Trinajstić information content (AvgIpc) is 2.79. The Bertz CT molecular complexity index is 688. The Labute approximate surface area is 115 Å². The molecular weight excluding hydrogens is 263 g/mol. The molecule has 0 saturated heterocycles. The van der Waals surface area contributed by atoms with Crippen LogP contribution in [0.15, 0.2) is 35.4 Å². The molecule has 0 radical (unpaired) electrons. The van der Waals surface area contributed by atoms with Crippen LogP contribution in [-0.4, -0.2) is 22.0 Å². The summed E-state index contributed by atoms with van der Waals surface area (Å²) in [4.78, 5) is 23.9. The zero-order chi connectivity index (χ0) is 14.7. The highest BCUT2D eigenvalue weighted by molar-refractivity contribution is 5.96. The van der Waals surface area contributed by atoms with Crippen molar-refractivity contribution in [3.63, 3.8) is 0 Å². The average molecular weight is 278 g/mol. The monoisotopic (exact) mass is 278 g/mol. The van der Waals surface area contributed by atoms with Crippen molar-refractivity contribution in [3.05, 3.63) is 52.5 Å². The number of ether oxygens (including phenoxy) is 1. The van der Waals surface area contributed by atoms with E-state index < -0.39 is 5.82 Å². The molecule has 0 aliphatic rings. The van der Waals surface area contributed by atoms with Crippen LogP contribution in [0.3, 0.4) is 0 Å². The van der Waals surface area contributed by atoms with Gasteiger partial charge in [0.05, 0.1) is 13.7 Å². The SMILES string of the molecule is CCn1ccn(CC(=O)c2ccc(OC)c(F)c2)c1=O. The van der Waals surface area contributed by atoms with Crippen molar-refractivity contribution in [3.8, 4) is 5.75 Å². The molecule has 1 aromatic heterocycles. The molecule has 0 saturated carbocycles. The molecule has 0 atom stereocenters. The largest absolute Gasteiger partial charge is 0.494 e. The summed E-state index contributed by atoms with van der Waals surface area (Å²) < 4.78 is 21.1. The van der Waals surface area contributed by atoms with Crippen molar-refractivity contribution in [2.45, 2.75) is 20.0 Å². The molecule has 1 heterocycles. The van der Waals surface area contributed by atoms with Gasteiger partial charge in [0.25, 0.3) is 0 Å². The fraction of sp³-hybridized carbons (Fsp3) is 0.286. The fourth-order valence-electron chi connectivity index (χ4n) is 1.90. The van der Waals surface area contributed by atoms with Gasteiger partial charge in [0.2, 0.25) is 0 Å². The predicted octanol–water partition coefficient (Wildman–Crippen LogP) is 1.70. The first-order valence-corrected chi connectivity index (χ1v) is 6.19. The molecule has 0 N–H and O–H groups in total. The summed E-state index contributed by atoms with van der Waals surface area (Å²) in [7, 11) is 1.35. The Morgan fingerprint density at radius 3 is 2.55 bits per heavy atom. The van der Waals surface area contributed by atoms with Crippen molar-refractivity contribution in [2.24, 2.45) is 0 Å². The number of imidazole rings is 1. The second kappa shape index (κ2) is 5.73. The highest BCUT2D eigenvalue weighted by atomic mass is 19.1. The van der Waals surface area contributed by atoms with E-state index in [0.717, 1.165) is 6.07 Å². The van der Waals surface area contributed by atoms with E-state index in [2.05, 4.69) is 0 Å². The van der Waals surface area contributed by atoms with Crippen LogP contribution in [-0.2, 0) is 13.1 Å². The maximum absolute atomic E-state index is 13.5. The molecule has 1 aromatic carbocycles. The number of hydrogen-bond acceptors (Lipinski definition) is 3. The van der Waals surface area contributed by atoms with E-state index in [1.54, 1.807) is 12.4 Å². The maximum Gasteiger partial charge on any atom is 0.328 e. The van der Waals surface area contributed by atoms with Gasteiger partial charge >= 0.3 is 5.69 Å². The van der Waals surface area contributed by atoms with Crippen LogP contribution >= 0.6 is 0 Å². The van der Waals surface area contributed by atoms with E-state index in [4.69, 9.17) is 4.74 Å². The number of halogens is 1. The standard InChI is InChI=1S/C14H15FN2O3/c1-3-16-6-7-17(14(16)19)9-12(18)10-4-5-13(20-2)11(15)8-10/h4-8H,3,9H2,1-2H3. The number of nitrogens with zero attached hydrogens (tertiary/aromatic N) is 2. The van der Waals surface area contributed by atoms with Crippen LogP contribution in [0.1, 0.15) is 17.3 Å². The van der Waals surface area contributed by atoms with E-state index in [1.807, 2.05) is 6.92 Å². The summed E-state index contributed by atoms with van der Waals surface area (Å²) in [6.07, 6.45) is 3.16. The van der Waals surface area contributed by atoms with Gasteiger partial charge in [-0.15, -0.1) is 0 Å². The van der Waals surface area contributed by atoms with Crippen molar-refractivity contribution in [2.75, 3.05) is 7.11 Å². The quantitative estimate of drug-likeness (QED) is 0.782. The normalized spacial score (nSPS) is 10.6. The summed E-state index contributed by atoms with van der Waals surface area (Å²) in [5, 5.41) is 0. The van der Waals surface area contributed by atoms with Crippen LogP contribution in [0.5, 0.6) is 5.75 Å².